The molecule has 2 aliphatic carbocycles. The first-order valence-corrected chi connectivity index (χ1v) is 9.58. The number of ether oxygens (including phenoxy) is 2. The highest BCUT2D eigenvalue weighted by Gasteiger charge is 2.65. The van der Waals surface area contributed by atoms with Gasteiger partial charge in [0.15, 0.2) is 0 Å². The topological polar surface area (TPSA) is 76.0 Å². The Balaban J connectivity index is 1.67. The van der Waals surface area contributed by atoms with Gasteiger partial charge in [-0.05, 0) is 62.4 Å². The van der Waals surface area contributed by atoms with Crippen molar-refractivity contribution in [1.29, 1.82) is 0 Å². The number of hydrogen-bond donors (Lipinski definition) is 2. The van der Waals surface area contributed by atoms with Gasteiger partial charge in [0.05, 0.1) is 30.0 Å². The van der Waals surface area contributed by atoms with Gasteiger partial charge in [0.1, 0.15) is 6.61 Å². The smallest absolute Gasteiger partial charge is 0.336 e. The maximum absolute atomic E-state index is 12.0. The highest BCUT2D eigenvalue weighted by molar-refractivity contribution is 5.91. The van der Waals surface area contributed by atoms with Gasteiger partial charge >= 0.3 is 5.97 Å². The Hall–Kier alpha value is -0.910. The fourth-order valence-electron chi connectivity index (χ4n) is 6.61. The zero-order valence-corrected chi connectivity index (χ0v) is 15.5. The summed E-state index contributed by atoms with van der Waals surface area (Å²) >= 11 is 0. The first-order chi connectivity index (χ1) is 11.7. The van der Waals surface area contributed by atoms with E-state index in [9.17, 15) is 15.0 Å². The molecule has 0 spiro atoms. The van der Waals surface area contributed by atoms with E-state index in [0.717, 1.165) is 25.7 Å². The zero-order valence-electron chi connectivity index (χ0n) is 15.5. The number of aliphatic hydroxyl groups is 2. The van der Waals surface area contributed by atoms with Crippen LogP contribution in [0.5, 0.6) is 0 Å². The Morgan fingerprint density at radius 2 is 1.96 bits per heavy atom. The summed E-state index contributed by atoms with van der Waals surface area (Å²) < 4.78 is 11.5. The summed E-state index contributed by atoms with van der Waals surface area (Å²) in [6, 6.07) is 0. The van der Waals surface area contributed by atoms with Crippen molar-refractivity contribution in [3.63, 3.8) is 0 Å². The average molecular weight is 350 g/mol. The number of carbonyl (C=O) groups excluding carboxylic acids is 1. The highest BCUT2D eigenvalue weighted by Crippen LogP contribution is 2.66. The van der Waals surface area contributed by atoms with E-state index in [4.69, 9.17) is 9.47 Å². The molecule has 140 valence electrons. The van der Waals surface area contributed by atoms with Crippen molar-refractivity contribution in [2.24, 2.45) is 22.7 Å². The molecule has 0 aromatic rings. The van der Waals surface area contributed by atoms with Crippen LogP contribution in [-0.4, -0.2) is 47.2 Å². The summed E-state index contributed by atoms with van der Waals surface area (Å²) in [6.07, 6.45) is 5.53. The van der Waals surface area contributed by atoms with E-state index >= 15 is 0 Å². The van der Waals surface area contributed by atoms with E-state index in [1.165, 1.54) is 0 Å². The molecule has 3 fully saturated rings. The van der Waals surface area contributed by atoms with Crippen LogP contribution < -0.4 is 0 Å². The van der Waals surface area contributed by atoms with E-state index < -0.39 is 11.5 Å². The molecule has 5 nitrogen and oxygen atoms in total. The van der Waals surface area contributed by atoms with E-state index in [1.54, 1.807) is 0 Å². The third-order valence-corrected chi connectivity index (χ3v) is 8.07. The molecule has 0 aromatic heterocycles. The van der Waals surface area contributed by atoms with Gasteiger partial charge in [-0.2, -0.15) is 0 Å². The lowest BCUT2D eigenvalue weighted by molar-refractivity contribution is -0.197. The van der Waals surface area contributed by atoms with Crippen molar-refractivity contribution in [3.8, 4) is 0 Å². The lowest BCUT2D eigenvalue weighted by atomic mass is 9.44. The number of hydrogen-bond acceptors (Lipinski definition) is 5. The van der Waals surface area contributed by atoms with Gasteiger partial charge in [-0.3, -0.25) is 0 Å². The molecule has 2 heterocycles. The van der Waals surface area contributed by atoms with Crippen molar-refractivity contribution in [2.45, 2.75) is 70.7 Å². The molecule has 7 atom stereocenters. The molecule has 4 aliphatic rings. The lowest BCUT2D eigenvalue weighted by Crippen LogP contribution is -2.61. The summed E-state index contributed by atoms with van der Waals surface area (Å²) in [4.78, 5) is 12.0. The maximum atomic E-state index is 12.0. The van der Waals surface area contributed by atoms with E-state index in [0.29, 0.717) is 24.5 Å². The summed E-state index contributed by atoms with van der Waals surface area (Å²) in [5.41, 5.74) is -0.0332. The van der Waals surface area contributed by atoms with Crippen LogP contribution in [0.3, 0.4) is 0 Å². The van der Waals surface area contributed by atoms with Gasteiger partial charge in [-0.15, -0.1) is 0 Å². The predicted octanol–water partition coefficient (Wildman–Crippen LogP) is 2.20. The largest absolute Gasteiger partial charge is 0.458 e. The fraction of sp³-hybridized carbons (Fsp3) is 0.850. The van der Waals surface area contributed by atoms with Crippen molar-refractivity contribution in [1.82, 2.24) is 0 Å². The second-order valence-corrected chi connectivity index (χ2v) is 9.28. The summed E-state index contributed by atoms with van der Waals surface area (Å²) in [6.45, 7) is 6.89. The zero-order chi connectivity index (χ0) is 18.0. The van der Waals surface area contributed by atoms with E-state index in [1.807, 2.05) is 13.0 Å². The number of cyclic esters (lactones) is 1. The molecule has 2 N–H and O–H groups in total. The van der Waals surface area contributed by atoms with Crippen molar-refractivity contribution >= 4 is 5.97 Å². The molecule has 1 saturated heterocycles. The molecule has 0 aromatic carbocycles. The molecule has 2 saturated carbocycles. The molecule has 0 amide bonds. The third kappa shape index (κ3) is 2.28. The molecular formula is C20H30O5. The van der Waals surface area contributed by atoms with Gasteiger partial charge in [0.2, 0.25) is 0 Å². The van der Waals surface area contributed by atoms with E-state index in [2.05, 4.69) is 13.8 Å². The van der Waals surface area contributed by atoms with Crippen molar-refractivity contribution in [3.05, 3.63) is 11.6 Å². The summed E-state index contributed by atoms with van der Waals surface area (Å²) in [5, 5.41) is 20.7. The third-order valence-electron chi connectivity index (χ3n) is 8.07. The van der Waals surface area contributed by atoms with Gasteiger partial charge in [-0.25, -0.2) is 4.79 Å². The standard InChI is InChI=1S/C20H30O5/c1-18-7-5-16(22)19(2,11-21)14(18)4-8-20(3)15(18)10-13(25-20)12-6-9-24-17(12)23/h6,13-16,21-22H,4-5,7-11H2,1-3H3. The lowest BCUT2D eigenvalue weighted by Gasteiger charge is -2.61. The molecule has 7 unspecified atom stereocenters. The van der Waals surface area contributed by atoms with Crippen LogP contribution in [0.15, 0.2) is 11.6 Å². The van der Waals surface area contributed by atoms with Gasteiger partial charge in [-0.1, -0.05) is 13.8 Å². The monoisotopic (exact) mass is 350 g/mol. The Bertz CT molecular complexity index is 615. The van der Waals surface area contributed by atoms with Crippen LogP contribution in [0.2, 0.25) is 0 Å². The Labute approximate surface area is 149 Å². The molecule has 5 heteroatoms. The van der Waals surface area contributed by atoms with Crippen LogP contribution in [-0.2, 0) is 14.3 Å². The molecule has 2 aliphatic heterocycles. The number of carbonyl (C=O) groups is 1. The van der Waals surface area contributed by atoms with E-state index in [-0.39, 0.29) is 35.6 Å². The quantitative estimate of drug-likeness (QED) is 0.747. The Morgan fingerprint density at radius 1 is 1.20 bits per heavy atom. The minimum atomic E-state index is -0.460. The first-order valence-electron chi connectivity index (χ1n) is 9.58. The van der Waals surface area contributed by atoms with Gasteiger partial charge < -0.3 is 19.7 Å². The predicted molar refractivity (Wildman–Crippen MR) is 91.7 cm³/mol. The number of aliphatic hydroxyl groups excluding tert-OH is 2. The van der Waals surface area contributed by atoms with Crippen molar-refractivity contribution in [2.75, 3.05) is 13.2 Å². The number of fused-ring (bicyclic) bond motifs is 3. The Kier molecular flexibility index (Phi) is 3.88. The second-order valence-electron chi connectivity index (χ2n) is 9.28. The number of esters is 1. The molecular weight excluding hydrogens is 320 g/mol. The van der Waals surface area contributed by atoms with Gasteiger partial charge in [0.25, 0.3) is 0 Å². The maximum Gasteiger partial charge on any atom is 0.336 e. The van der Waals surface area contributed by atoms with Crippen LogP contribution >= 0.6 is 0 Å². The number of rotatable bonds is 2. The molecule has 25 heavy (non-hydrogen) atoms. The van der Waals surface area contributed by atoms with Crippen LogP contribution in [0.25, 0.3) is 0 Å². The minimum Gasteiger partial charge on any atom is -0.458 e. The summed E-state index contributed by atoms with van der Waals surface area (Å²) in [7, 11) is 0. The fourth-order valence-corrected chi connectivity index (χ4v) is 6.61. The minimum absolute atomic E-state index is 0.00152. The van der Waals surface area contributed by atoms with Crippen molar-refractivity contribution < 1.29 is 24.5 Å². The average Bonchev–Trinajstić information content (AvgIpc) is 3.15. The highest BCUT2D eigenvalue weighted by atomic mass is 16.5. The normalized spacial score (nSPS) is 52.4. The van der Waals surface area contributed by atoms with Gasteiger partial charge in [0, 0.05) is 5.41 Å². The second kappa shape index (κ2) is 5.54. The summed E-state index contributed by atoms with van der Waals surface area (Å²) in [5.74, 6) is 0.336. The van der Waals surface area contributed by atoms with Crippen LogP contribution in [0, 0.1) is 22.7 Å². The molecule has 0 bridgehead atoms. The SMILES string of the molecule is CC12CCC3C(C)(CO)C(O)CCC3(C)C1CC(C1=CCOC1=O)O2. The van der Waals surface area contributed by atoms with Crippen LogP contribution in [0.4, 0.5) is 0 Å². The van der Waals surface area contributed by atoms with Crippen LogP contribution in [0.1, 0.15) is 52.9 Å². The molecule has 4 rings (SSSR count). The molecule has 0 radical (unpaired) electrons. The first kappa shape index (κ1) is 17.5. The Morgan fingerprint density at radius 3 is 2.60 bits per heavy atom.